The van der Waals surface area contributed by atoms with Gasteiger partial charge in [-0.3, -0.25) is 0 Å². The van der Waals surface area contributed by atoms with Gasteiger partial charge in [-0.15, -0.1) is 0 Å². The lowest BCUT2D eigenvalue weighted by molar-refractivity contribution is 1.26. The van der Waals surface area contributed by atoms with E-state index < -0.39 is 0 Å². The second-order valence-electron chi connectivity index (χ2n) is 5.57. The minimum absolute atomic E-state index is 1.06. The minimum atomic E-state index is 1.06. The zero-order valence-corrected chi connectivity index (χ0v) is 11.6. The van der Waals surface area contributed by atoms with E-state index in [1.807, 2.05) is 0 Å². The van der Waals surface area contributed by atoms with Gasteiger partial charge in [0.25, 0.3) is 0 Å². The van der Waals surface area contributed by atoms with Gasteiger partial charge in [0.2, 0.25) is 0 Å². The molecule has 1 aliphatic carbocycles. The summed E-state index contributed by atoms with van der Waals surface area (Å²) in [6, 6.07) is 24.4. The molecule has 0 atom stereocenters. The molecular weight excluding hydrogens is 240 g/mol. The van der Waals surface area contributed by atoms with E-state index in [0.717, 1.165) is 6.42 Å². The first kappa shape index (κ1) is 11.5. The van der Waals surface area contributed by atoms with Crippen LogP contribution in [0.4, 0.5) is 0 Å². The van der Waals surface area contributed by atoms with Crippen molar-refractivity contribution >= 4 is 0 Å². The standard InChI is InChI=1S/C20H16/c1-14-6-8-15(9-7-14)16-10-11-20-18(12-16)13-17-4-2-3-5-19(17)20/h2-12H,13H2,1H3. The van der Waals surface area contributed by atoms with Crippen LogP contribution in [-0.2, 0) is 6.42 Å². The molecule has 0 bridgehead atoms. The first-order chi connectivity index (χ1) is 9.81. The summed E-state index contributed by atoms with van der Waals surface area (Å²) in [7, 11) is 0. The van der Waals surface area contributed by atoms with E-state index in [9.17, 15) is 0 Å². The Labute approximate surface area is 119 Å². The molecule has 0 fully saturated rings. The van der Waals surface area contributed by atoms with Gasteiger partial charge in [0.15, 0.2) is 0 Å². The number of fused-ring (bicyclic) bond motifs is 3. The van der Waals surface area contributed by atoms with Crippen molar-refractivity contribution in [1.29, 1.82) is 0 Å². The van der Waals surface area contributed by atoms with Gasteiger partial charge >= 0.3 is 0 Å². The number of hydrogen-bond donors (Lipinski definition) is 0. The van der Waals surface area contributed by atoms with Crippen LogP contribution < -0.4 is 0 Å². The molecule has 20 heavy (non-hydrogen) atoms. The molecule has 96 valence electrons. The van der Waals surface area contributed by atoms with E-state index in [2.05, 4.69) is 73.7 Å². The lowest BCUT2D eigenvalue weighted by Crippen LogP contribution is -1.84. The van der Waals surface area contributed by atoms with Gasteiger partial charge in [0.1, 0.15) is 0 Å². The molecule has 0 amide bonds. The van der Waals surface area contributed by atoms with Crippen LogP contribution in [0.15, 0.2) is 66.7 Å². The largest absolute Gasteiger partial charge is 0.0619 e. The van der Waals surface area contributed by atoms with E-state index in [1.165, 1.54) is 38.9 Å². The van der Waals surface area contributed by atoms with E-state index in [0.29, 0.717) is 0 Å². The quantitative estimate of drug-likeness (QED) is 0.437. The summed E-state index contributed by atoms with van der Waals surface area (Å²) in [6.07, 6.45) is 1.06. The van der Waals surface area contributed by atoms with Gasteiger partial charge in [0.05, 0.1) is 0 Å². The molecule has 0 spiro atoms. The molecule has 0 unspecified atom stereocenters. The Balaban J connectivity index is 1.80. The molecule has 3 aromatic rings. The van der Waals surface area contributed by atoms with Crippen molar-refractivity contribution in [3.05, 3.63) is 83.4 Å². The van der Waals surface area contributed by atoms with Crippen LogP contribution in [-0.4, -0.2) is 0 Å². The third-order valence-electron chi connectivity index (χ3n) is 4.18. The highest BCUT2D eigenvalue weighted by Gasteiger charge is 2.17. The van der Waals surface area contributed by atoms with Gasteiger partial charge in [-0.2, -0.15) is 0 Å². The topological polar surface area (TPSA) is 0 Å². The Bertz CT molecular complexity index is 779. The number of aryl methyl sites for hydroxylation is 1. The van der Waals surface area contributed by atoms with E-state index in [-0.39, 0.29) is 0 Å². The first-order valence-corrected chi connectivity index (χ1v) is 7.09. The van der Waals surface area contributed by atoms with Crippen LogP contribution in [0.1, 0.15) is 16.7 Å². The van der Waals surface area contributed by atoms with Crippen molar-refractivity contribution in [1.82, 2.24) is 0 Å². The Kier molecular flexibility index (Phi) is 2.50. The van der Waals surface area contributed by atoms with E-state index in [1.54, 1.807) is 0 Å². The second-order valence-corrected chi connectivity index (χ2v) is 5.57. The molecule has 4 rings (SSSR count). The summed E-state index contributed by atoms with van der Waals surface area (Å²) in [5.74, 6) is 0. The first-order valence-electron chi connectivity index (χ1n) is 7.09. The fourth-order valence-electron chi connectivity index (χ4n) is 3.07. The number of benzene rings is 3. The molecule has 0 nitrogen and oxygen atoms in total. The normalized spacial score (nSPS) is 12.1. The zero-order chi connectivity index (χ0) is 13.5. The zero-order valence-electron chi connectivity index (χ0n) is 11.6. The smallest absolute Gasteiger partial charge is 0.00132 e. The Morgan fingerprint density at radius 2 is 1.35 bits per heavy atom. The molecule has 0 radical (unpaired) electrons. The molecular formula is C20H16. The fourth-order valence-corrected chi connectivity index (χ4v) is 3.07. The molecule has 1 aliphatic rings. The summed E-state index contributed by atoms with van der Waals surface area (Å²) in [5, 5.41) is 0. The van der Waals surface area contributed by atoms with Crippen LogP contribution in [0.2, 0.25) is 0 Å². The lowest BCUT2D eigenvalue weighted by atomic mass is 9.98. The Morgan fingerprint density at radius 1 is 0.650 bits per heavy atom. The predicted molar refractivity (Wildman–Crippen MR) is 84.9 cm³/mol. The predicted octanol–water partition coefficient (Wildman–Crippen LogP) is 5.23. The highest BCUT2D eigenvalue weighted by molar-refractivity contribution is 5.80. The molecule has 0 heteroatoms. The number of hydrogen-bond acceptors (Lipinski definition) is 0. The van der Waals surface area contributed by atoms with Crippen molar-refractivity contribution in [2.75, 3.05) is 0 Å². The molecule has 0 saturated heterocycles. The summed E-state index contributed by atoms with van der Waals surface area (Å²) in [5.41, 5.74) is 9.62. The number of rotatable bonds is 1. The lowest BCUT2D eigenvalue weighted by Gasteiger charge is -2.06. The summed E-state index contributed by atoms with van der Waals surface area (Å²) < 4.78 is 0. The Morgan fingerprint density at radius 3 is 2.20 bits per heavy atom. The minimum Gasteiger partial charge on any atom is -0.0619 e. The summed E-state index contributed by atoms with van der Waals surface area (Å²) in [4.78, 5) is 0. The molecule has 0 N–H and O–H groups in total. The van der Waals surface area contributed by atoms with Gasteiger partial charge in [0, 0.05) is 0 Å². The van der Waals surface area contributed by atoms with E-state index >= 15 is 0 Å². The average molecular weight is 256 g/mol. The van der Waals surface area contributed by atoms with Gasteiger partial charge in [-0.1, -0.05) is 72.3 Å². The van der Waals surface area contributed by atoms with Crippen molar-refractivity contribution < 1.29 is 0 Å². The monoisotopic (exact) mass is 256 g/mol. The van der Waals surface area contributed by atoms with Crippen LogP contribution in [0.5, 0.6) is 0 Å². The van der Waals surface area contributed by atoms with Crippen molar-refractivity contribution in [3.63, 3.8) is 0 Å². The summed E-state index contributed by atoms with van der Waals surface area (Å²) in [6.45, 7) is 2.13. The van der Waals surface area contributed by atoms with Crippen molar-refractivity contribution in [2.24, 2.45) is 0 Å². The van der Waals surface area contributed by atoms with Gasteiger partial charge in [-0.25, -0.2) is 0 Å². The van der Waals surface area contributed by atoms with Crippen LogP contribution in [0.3, 0.4) is 0 Å². The molecule has 0 aromatic heterocycles. The van der Waals surface area contributed by atoms with Gasteiger partial charge < -0.3 is 0 Å². The molecule has 0 heterocycles. The second kappa shape index (κ2) is 4.35. The average Bonchev–Trinajstić information content (AvgIpc) is 2.85. The van der Waals surface area contributed by atoms with E-state index in [4.69, 9.17) is 0 Å². The maximum Gasteiger partial charge on any atom is -0.00132 e. The Hall–Kier alpha value is -2.34. The van der Waals surface area contributed by atoms with Crippen molar-refractivity contribution in [3.8, 4) is 22.3 Å². The fraction of sp³-hybridized carbons (Fsp3) is 0.100. The SMILES string of the molecule is Cc1ccc(-c2ccc3c(c2)Cc2ccccc2-3)cc1. The van der Waals surface area contributed by atoms with Crippen LogP contribution in [0, 0.1) is 6.92 Å². The van der Waals surface area contributed by atoms with Crippen LogP contribution >= 0.6 is 0 Å². The highest BCUT2D eigenvalue weighted by Crippen LogP contribution is 2.38. The molecule has 3 aromatic carbocycles. The molecule has 0 aliphatic heterocycles. The maximum absolute atomic E-state index is 2.35. The highest BCUT2D eigenvalue weighted by atomic mass is 14.2. The third-order valence-corrected chi connectivity index (χ3v) is 4.18. The molecule has 0 saturated carbocycles. The summed E-state index contributed by atoms with van der Waals surface area (Å²) >= 11 is 0. The third kappa shape index (κ3) is 1.77. The van der Waals surface area contributed by atoms with Crippen molar-refractivity contribution in [2.45, 2.75) is 13.3 Å². The maximum atomic E-state index is 2.35. The van der Waals surface area contributed by atoms with Gasteiger partial charge in [-0.05, 0) is 46.7 Å². The van der Waals surface area contributed by atoms with Crippen LogP contribution in [0.25, 0.3) is 22.3 Å².